The monoisotopic (exact) mass is 619 g/mol. The molecule has 0 atom stereocenters. The fourth-order valence-electron chi connectivity index (χ4n) is 5.62. The first-order valence-corrected chi connectivity index (χ1v) is 15.3. The van der Waals surface area contributed by atoms with Gasteiger partial charge < -0.3 is 0 Å². The summed E-state index contributed by atoms with van der Waals surface area (Å²) in [7, 11) is 0. The SMILES string of the molecule is Brc1ccc(-c2ccc(-c3nc(-c4ccccc4)nc(-c4cccc5sc6ccccc6c45)n3)cc2)c2ccccc12. The lowest BCUT2D eigenvalue weighted by molar-refractivity contribution is 1.08. The van der Waals surface area contributed by atoms with Crippen LogP contribution >= 0.6 is 27.3 Å². The van der Waals surface area contributed by atoms with E-state index in [-0.39, 0.29) is 0 Å². The Morgan fingerprint density at radius 3 is 1.79 bits per heavy atom. The van der Waals surface area contributed by atoms with Crippen LogP contribution in [0.25, 0.3) is 76.2 Å². The molecule has 0 aliphatic heterocycles. The van der Waals surface area contributed by atoms with Gasteiger partial charge in [-0.3, -0.25) is 0 Å². The van der Waals surface area contributed by atoms with Crippen LogP contribution in [-0.4, -0.2) is 15.0 Å². The maximum Gasteiger partial charge on any atom is 0.164 e. The largest absolute Gasteiger partial charge is 0.208 e. The molecule has 0 N–H and O–H groups in total. The zero-order valence-electron chi connectivity index (χ0n) is 22.3. The van der Waals surface area contributed by atoms with Crippen LogP contribution in [0.5, 0.6) is 0 Å². The van der Waals surface area contributed by atoms with Gasteiger partial charge in [0, 0.05) is 41.3 Å². The third-order valence-corrected chi connectivity index (χ3v) is 9.46. The van der Waals surface area contributed by atoms with E-state index in [9.17, 15) is 0 Å². The summed E-state index contributed by atoms with van der Waals surface area (Å²) >= 11 is 5.50. The van der Waals surface area contributed by atoms with Crippen molar-refractivity contribution in [1.29, 1.82) is 0 Å². The minimum absolute atomic E-state index is 0.655. The van der Waals surface area contributed by atoms with E-state index in [0.717, 1.165) is 26.7 Å². The van der Waals surface area contributed by atoms with Crippen LogP contribution < -0.4 is 0 Å². The number of aromatic nitrogens is 3. The van der Waals surface area contributed by atoms with Gasteiger partial charge in [0.1, 0.15) is 0 Å². The number of hydrogen-bond donors (Lipinski definition) is 0. The molecule has 0 saturated carbocycles. The Bertz CT molecular complexity index is 2260. The van der Waals surface area contributed by atoms with E-state index in [0.29, 0.717) is 17.5 Å². The molecule has 8 rings (SSSR count). The predicted octanol–water partition coefficient (Wildman–Crippen LogP) is 10.8. The van der Waals surface area contributed by atoms with E-state index in [2.05, 4.69) is 119 Å². The van der Waals surface area contributed by atoms with E-state index < -0.39 is 0 Å². The second-order valence-corrected chi connectivity index (χ2v) is 12.1. The topological polar surface area (TPSA) is 38.7 Å². The molecule has 0 unspecified atom stereocenters. The van der Waals surface area contributed by atoms with Crippen molar-refractivity contribution in [3.8, 4) is 45.3 Å². The van der Waals surface area contributed by atoms with Gasteiger partial charge in [0.05, 0.1) is 0 Å². The minimum atomic E-state index is 0.655. The molecular formula is C37H22BrN3S. The van der Waals surface area contributed by atoms with E-state index in [1.807, 2.05) is 30.3 Å². The summed E-state index contributed by atoms with van der Waals surface area (Å²) in [5, 5.41) is 4.82. The number of rotatable bonds is 4. The van der Waals surface area contributed by atoms with E-state index >= 15 is 0 Å². The van der Waals surface area contributed by atoms with Crippen molar-refractivity contribution in [3.05, 3.63) is 138 Å². The third-order valence-electron chi connectivity index (χ3n) is 7.64. The molecule has 0 radical (unpaired) electrons. The van der Waals surface area contributed by atoms with Gasteiger partial charge in [-0.1, -0.05) is 131 Å². The summed E-state index contributed by atoms with van der Waals surface area (Å²) in [5.74, 6) is 1.99. The standard InChI is InChI=1S/C37H22BrN3S/c38-31-22-21-26(27-11-4-5-12-28(27)31)23-17-19-25(20-18-23)36-39-35(24-9-2-1-3-10-24)40-37(41-36)30-14-8-16-33-34(30)29-13-6-7-15-32(29)42-33/h1-22H. The molecule has 6 aromatic carbocycles. The van der Waals surface area contributed by atoms with Gasteiger partial charge in [-0.25, -0.2) is 15.0 Å². The fraction of sp³-hybridized carbons (Fsp3) is 0. The lowest BCUT2D eigenvalue weighted by Gasteiger charge is -2.11. The highest BCUT2D eigenvalue weighted by molar-refractivity contribution is 9.10. The fourth-order valence-corrected chi connectivity index (χ4v) is 7.23. The van der Waals surface area contributed by atoms with Crippen LogP contribution in [0.1, 0.15) is 0 Å². The summed E-state index contributed by atoms with van der Waals surface area (Å²) in [5.41, 5.74) is 5.27. The second kappa shape index (κ2) is 10.3. The lowest BCUT2D eigenvalue weighted by atomic mass is 9.97. The highest BCUT2D eigenvalue weighted by Gasteiger charge is 2.17. The summed E-state index contributed by atoms with van der Waals surface area (Å²) in [4.78, 5) is 15.1. The molecule has 0 fully saturated rings. The summed E-state index contributed by atoms with van der Waals surface area (Å²) in [6.07, 6.45) is 0. The second-order valence-electron chi connectivity index (χ2n) is 10.2. The van der Waals surface area contributed by atoms with Gasteiger partial charge in [-0.05, 0) is 40.1 Å². The van der Waals surface area contributed by atoms with Crippen molar-refractivity contribution in [1.82, 2.24) is 15.0 Å². The normalized spacial score (nSPS) is 11.5. The molecule has 0 aliphatic carbocycles. The first kappa shape index (κ1) is 25.0. The summed E-state index contributed by atoms with van der Waals surface area (Å²) in [6, 6.07) is 46.4. The molecule has 0 aliphatic rings. The molecule has 2 aromatic heterocycles. The number of halogens is 1. The first-order chi connectivity index (χ1) is 20.7. The summed E-state index contributed by atoms with van der Waals surface area (Å²) in [6.45, 7) is 0. The Labute approximate surface area is 255 Å². The maximum absolute atomic E-state index is 5.08. The molecule has 8 aromatic rings. The maximum atomic E-state index is 5.08. The van der Waals surface area contributed by atoms with Crippen LogP contribution in [0.15, 0.2) is 138 Å². The van der Waals surface area contributed by atoms with Crippen LogP contribution in [0.3, 0.4) is 0 Å². The van der Waals surface area contributed by atoms with Crippen LogP contribution in [0.4, 0.5) is 0 Å². The van der Waals surface area contributed by atoms with Crippen molar-refractivity contribution >= 4 is 58.2 Å². The number of thiophene rings is 1. The molecule has 5 heteroatoms. The average molecular weight is 621 g/mol. The van der Waals surface area contributed by atoms with Gasteiger partial charge in [0.15, 0.2) is 17.5 Å². The Morgan fingerprint density at radius 1 is 0.405 bits per heavy atom. The molecule has 3 nitrogen and oxygen atoms in total. The van der Waals surface area contributed by atoms with Crippen molar-refractivity contribution in [2.45, 2.75) is 0 Å². The van der Waals surface area contributed by atoms with Gasteiger partial charge in [0.25, 0.3) is 0 Å². The Balaban J connectivity index is 1.30. The van der Waals surface area contributed by atoms with Crippen LogP contribution in [0.2, 0.25) is 0 Å². The van der Waals surface area contributed by atoms with Gasteiger partial charge in [-0.15, -0.1) is 11.3 Å². The Morgan fingerprint density at radius 2 is 1.00 bits per heavy atom. The average Bonchev–Trinajstić information content (AvgIpc) is 3.44. The van der Waals surface area contributed by atoms with Gasteiger partial charge in [0.2, 0.25) is 0 Å². The lowest BCUT2D eigenvalue weighted by Crippen LogP contribution is -2.00. The quantitative estimate of drug-likeness (QED) is 0.197. The van der Waals surface area contributed by atoms with Crippen molar-refractivity contribution in [2.24, 2.45) is 0 Å². The van der Waals surface area contributed by atoms with Gasteiger partial charge >= 0.3 is 0 Å². The van der Waals surface area contributed by atoms with Crippen molar-refractivity contribution in [2.75, 3.05) is 0 Å². The van der Waals surface area contributed by atoms with Crippen molar-refractivity contribution in [3.63, 3.8) is 0 Å². The zero-order chi connectivity index (χ0) is 28.0. The number of nitrogens with zero attached hydrogens (tertiary/aromatic N) is 3. The Kier molecular flexibility index (Phi) is 6.13. The van der Waals surface area contributed by atoms with Crippen LogP contribution in [0, 0.1) is 0 Å². The highest BCUT2D eigenvalue weighted by Crippen LogP contribution is 2.40. The molecular weight excluding hydrogens is 598 g/mol. The summed E-state index contributed by atoms with van der Waals surface area (Å²) < 4.78 is 3.58. The van der Waals surface area contributed by atoms with E-state index in [1.165, 1.54) is 36.5 Å². The molecule has 0 spiro atoms. The minimum Gasteiger partial charge on any atom is -0.208 e. The molecule has 0 bridgehead atoms. The van der Waals surface area contributed by atoms with E-state index in [1.54, 1.807) is 11.3 Å². The zero-order valence-corrected chi connectivity index (χ0v) is 24.7. The molecule has 0 saturated heterocycles. The molecule has 2 heterocycles. The molecule has 0 amide bonds. The molecule has 42 heavy (non-hydrogen) atoms. The Hall–Kier alpha value is -4.71. The van der Waals surface area contributed by atoms with Crippen LogP contribution in [-0.2, 0) is 0 Å². The number of fused-ring (bicyclic) bond motifs is 4. The van der Waals surface area contributed by atoms with Crippen molar-refractivity contribution < 1.29 is 0 Å². The number of hydrogen-bond acceptors (Lipinski definition) is 4. The third kappa shape index (κ3) is 4.30. The van der Waals surface area contributed by atoms with Gasteiger partial charge in [-0.2, -0.15) is 0 Å². The predicted molar refractivity (Wildman–Crippen MR) is 180 cm³/mol. The number of benzene rings is 6. The smallest absolute Gasteiger partial charge is 0.164 e. The highest BCUT2D eigenvalue weighted by atomic mass is 79.9. The van der Waals surface area contributed by atoms with E-state index in [4.69, 9.17) is 15.0 Å². The first-order valence-electron chi connectivity index (χ1n) is 13.7. The molecule has 198 valence electrons.